The van der Waals surface area contributed by atoms with Gasteiger partial charge in [-0.05, 0) is 31.6 Å². The van der Waals surface area contributed by atoms with E-state index in [1.807, 2.05) is 0 Å². The van der Waals surface area contributed by atoms with Crippen molar-refractivity contribution in [3.63, 3.8) is 0 Å². The molecule has 0 aromatic rings. The Morgan fingerprint density at radius 1 is 1.33 bits per heavy atom. The second-order valence-corrected chi connectivity index (χ2v) is 3.16. The summed E-state index contributed by atoms with van der Waals surface area (Å²) in [7, 11) is 0. The summed E-state index contributed by atoms with van der Waals surface area (Å²) in [6.07, 6.45) is 7.60. The lowest BCUT2D eigenvalue weighted by atomic mass is 10.1. The van der Waals surface area contributed by atoms with E-state index in [4.69, 9.17) is 5.73 Å². The minimum absolute atomic E-state index is 0.428. The van der Waals surface area contributed by atoms with Crippen LogP contribution in [0.1, 0.15) is 25.7 Å². The van der Waals surface area contributed by atoms with Gasteiger partial charge in [0.25, 0.3) is 0 Å². The van der Waals surface area contributed by atoms with Crippen LogP contribution in [0.2, 0.25) is 0 Å². The fourth-order valence-electron chi connectivity index (χ4n) is 2.10. The molecule has 0 heterocycles. The first-order chi connectivity index (χ1) is 4.38. The average molecular weight is 123 g/mol. The number of hydrogen-bond donors (Lipinski definition) is 1. The number of allylic oxidation sites excluding steroid dienone is 1. The van der Waals surface area contributed by atoms with E-state index in [9.17, 15) is 0 Å². The molecule has 2 aliphatic carbocycles. The summed E-state index contributed by atoms with van der Waals surface area (Å²) in [5.74, 6) is 0.889. The summed E-state index contributed by atoms with van der Waals surface area (Å²) in [5, 5.41) is 0. The van der Waals surface area contributed by atoms with Gasteiger partial charge in [-0.2, -0.15) is 0 Å². The maximum Gasteiger partial charge on any atom is 0.0256 e. The molecule has 9 heavy (non-hydrogen) atoms. The Hall–Kier alpha value is -0.300. The third-order valence-corrected chi connectivity index (χ3v) is 2.62. The first-order valence-corrected chi connectivity index (χ1v) is 3.83. The first-order valence-electron chi connectivity index (χ1n) is 3.83. The zero-order valence-electron chi connectivity index (χ0n) is 5.64. The van der Waals surface area contributed by atoms with Crippen LogP contribution in [0.5, 0.6) is 0 Å². The van der Waals surface area contributed by atoms with Crippen LogP contribution >= 0.6 is 0 Å². The van der Waals surface area contributed by atoms with Gasteiger partial charge in [-0.3, -0.25) is 0 Å². The van der Waals surface area contributed by atoms with E-state index in [1.54, 1.807) is 5.57 Å². The maximum atomic E-state index is 5.85. The van der Waals surface area contributed by atoms with Gasteiger partial charge in [0.2, 0.25) is 0 Å². The number of hydrogen-bond acceptors (Lipinski definition) is 1. The predicted octanol–water partition coefficient (Wildman–Crippen LogP) is 1.44. The normalized spacial score (nSPS) is 40.8. The van der Waals surface area contributed by atoms with Crippen LogP contribution < -0.4 is 5.73 Å². The zero-order chi connectivity index (χ0) is 6.27. The molecule has 1 saturated carbocycles. The molecule has 2 rings (SSSR count). The summed E-state index contributed by atoms with van der Waals surface area (Å²) in [5.41, 5.74) is 7.42. The van der Waals surface area contributed by atoms with E-state index in [-0.39, 0.29) is 0 Å². The van der Waals surface area contributed by atoms with Crippen LogP contribution in [-0.2, 0) is 0 Å². The van der Waals surface area contributed by atoms with Crippen LogP contribution in [-0.4, -0.2) is 6.04 Å². The highest BCUT2D eigenvalue weighted by Crippen LogP contribution is 2.38. The molecule has 0 spiro atoms. The molecular weight excluding hydrogens is 110 g/mol. The van der Waals surface area contributed by atoms with Gasteiger partial charge in [0, 0.05) is 6.04 Å². The molecule has 2 aliphatic rings. The van der Waals surface area contributed by atoms with E-state index in [0.717, 1.165) is 5.92 Å². The standard InChI is InChI=1S/C8H13N/c9-8-5-4-6-2-1-3-7(6)8/h3,6,8H,1-2,4-5,9H2. The Morgan fingerprint density at radius 2 is 2.22 bits per heavy atom. The van der Waals surface area contributed by atoms with Crippen molar-refractivity contribution in [2.75, 3.05) is 0 Å². The van der Waals surface area contributed by atoms with Crippen molar-refractivity contribution in [1.82, 2.24) is 0 Å². The fraction of sp³-hybridized carbons (Fsp3) is 0.750. The number of fused-ring (bicyclic) bond motifs is 1. The smallest absolute Gasteiger partial charge is 0.0256 e. The Balaban J connectivity index is 2.22. The Kier molecular flexibility index (Phi) is 1.12. The minimum Gasteiger partial charge on any atom is -0.324 e. The van der Waals surface area contributed by atoms with Gasteiger partial charge < -0.3 is 5.73 Å². The minimum atomic E-state index is 0.428. The van der Waals surface area contributed by atoms with Crippen LogP contribution in [0.25, 0.3) is 0 Å². The maximum absolute atomic E-state index is 5.85. The van der Waals surface area contributed by atoms with Gasteiger partial charge in [0.1, 0.15) is 0 Å². The van der Waals surface area contributed by atoms with Crippen molar-refractivity contribution in [2.24, 2.45) is 11.7 Å². The van der Waals surface area contributed by atoms with Crippen molar-refractivity contribution < 1.29 is 0 Å². The van der Waals surface area contributed by atoms with Crippen LogP contribution in [0.15, 0.2) is 11.6 Å². The molecule has 1 nitrogen and oxygen atoms in total. The summed E-state index contributed by atoms with van der Waals surface area (Å²) in [4.78, 5) is 0. The van der Waals surface area contributed by atoms with E-state index in [1.165, 1.54) is 25.7 Å². The molecule has 0 aliphatic heterocycles. The molecule has 0 aromatic heterocycles. The molecular formula is C8H13N. The highest BCUT2D eigenvalue weighted by Gasteiger charge is 2.29. The highest BCUT2D eigenvalue weighted by molar-refractivity contribution is 5.22. The SMILES string of the molecule is NC1CCC2CCC=C12. The Morgan fingerprint density at radius 3 is 3.00 bits per heavy atom. The number of nitrogens with two attached hydrogens (primary N) is 1. The molecule has 2 N–H and O–H groups in total. The highest BCUT2D eigenvalue weighted by atomic mass is 14.7. The van der Waals surface area contributed by atoms with Crippen LogP contribution in [0.4, 0.5) is 0 Å². The summed E-state index contributed by atoms with van der Waals surface area (Å²) in [6.45, 7) is 0. The molecule has 1 heteroatoms. The van der Waals surface area contributed by atoms with Crippen molar-refractivity contribution >= 4 is 0 Å². The van der Waals surface area contributed by atoms with E-state index >= 15 is 0 Å². The van der Waals surface area contributed by atoms with Crippen LogP contribution in [0, 0.1) is 5.92 Å². The molecule has 1 fully saturated rings. The molecule has 0 bridgehead atoms. The van der Waals surface area contributed by atoms with Crippen molar-refractivity contribution in [3.8, 4) is 0 Å². The zero-order valence-corrected chi connectivity index (χ0v) is 5.64. The molecule has 0 amide bonds. The third-order valence-electron chi connectivity index (χ3n) is 2.62. The molecule has 0 saturated heterocycles. The van der Waals surface area contributed by atoms with Gasteiger partial charge in [0.15, 0.2) is 0 Å². The second-order valence-electron chi connectivity index (χ2n) is 3.16. The fourth-order valence-corrected chi connectivity index (χ4v) is 2.10. The summed E-state index contributed by atoms with van der Waals surface area (Å²) in [6, 6.07) is 0.428. The largest absolute Gasteiger partial charge is 0.324 e. The topological polar surface area (TPSA) is 26.0 Å². The average Bonchev–Trinajstić information content (AvgIpc) is 2.35. The van der Waals surface area contributed by atoms with Gasteiger partial charge in [-0.1, -0.05) is 11.6 Å². The third kappa shape index (κ3) is 0.715. The molecule has 50 valence electrons. The molecule has 2 unspecified atom stereocenters. The summed E-state index contributed by atoms with van der Waals surface area (Å²) >= 11 is 0. The monoisotopic (exact) mass is 123 g/mol. The van der Waals surface area contributed by atoms with Gasteiger partial charge in [-0.25, -0.2) is 0 Å². The van der Waals surface area contributed by atoms with Crippen molar-refractivity contribution in [1.29, 1.82) is 0 Å². The Bertz CT molecular complexity index is 149. The van der Waals surface area contributed by atoms with Gasteiger partial charge in [-0.15, -0.1) is 0 Å². The lowest BCUT2D eigenvalue weighted by molar-refractivity contribution is 0.609. The lowest BCUT2D eigenvalue weighted by Crippen LogP contribution is -2.17. The first kappa shape index (κ1) is 5.48. The van der Waals surface area contributed by atoms with Gasteiger partial charge >= 0.3 is 0 Å². The van der Waals surface area contributed by atoms with Crippen molar-refractivity contribution in [3.05, 3.63) is 11.6 Å². The van der Waals surface area contributed by atoms with E-state index < -0.39 is 0 Å². The van der Waals surface area contributed by atoms with Crippen LogP contribution in [0.3, 0.4) is 0 Å². The number of rotatable bonds is 0. The molecule has 2 atom stereocenters. The molecule has 0 radical (unpaired) electrons. The van der Waals surface area contributed by atoms with E-state index in [0.29, 0.717) is 6.04 Å². The van der Waals surface area contributed by atoms with Gasteiger partial charge in [0.05, 0.1) is 0 Å². The predicted molar refractivity (Wildman–Crippen MR) is 38.0 cm³/mol. The van der Waals surface area contributed by atoms with Crippen molar-refractivity contribution in [2.45, 2.75) is 31.7 Å². The second kappa shape index (κ2) is 1.84. The van der Waals surface area contributed by atoms with E-state index in [2.05, 4.69) is 6.08 Å². The lowest BCUT2D eigenvalue weighted by Gasteiger charge is -2.03. The Labute approximate surface area is 55.9 Å². The quantitative estimate of drug-likeness (QED) is 0.485. The summed E-state index contributed by atoms with van der Waals surface area (Å²) < 4.78 is 0. The molecule has 0 aromatic carbocycles.